The van der Waals surface area contributed by atoms with Crippen molar-refractivity contribution in [3.05, 3.63) is 59.8 Å². The lowest BCUT2D eigenvalue weighted by atomic mass is 10.0. The number of ether oxygens (including phenoxy) is 2. The van der Waals surface area contributed by atoms with Gasteiger partial charge in [-0.2, -0.15) is 0 Å². The third-order valence-corrected chi connectivity index (χ3v) is 5.66. The van der Waals surface area contributed by atoms with Gasteiger partial charge in [-0.05, 0) is 23.6 Å². The maximum absolute atomic E-state index is 13.2. The molecule has 29 heavy (non-hydrogen) atoms. The molecule has 4 rings (SSSR count). The number of carbonyl (C=O) groups excluding carboxylic acids is 1. The van der Waals surface area contributed by atoms with E-state index in [0.717, 1.165) is 24.5 Å². The summed E-state index contributed by atoms with van der Waals surface area (Å²) in [6, 6.07) is 14.0. The van der Waals surface area contributed by atoms with Crippen LogP contribution in [0.4, 0.5) is 5.82 Å². The van der Waals surface area contributed by atoms with Crippen molar-refractivity contribution in [3.63, 3.8) is 0 Å². The van der Waals surface area contributed by atoms with E-state index >= 15 is 0 Å². The quantitative estimate of drug-likeness (QED) is 0.796. The second-order valence-electron chi connectivity index (χ2n) is 8.03. The van der Waals surface area contributed by atoms with Crippen LogP contribution >= 0.6 is 0 Å². The van der Waals surface area contributed by atoms with E-state index in [9.17, 15) is 4.79 Å². The highest BCUT2D eigenvalue weighted by Crippen LogP contribution is 2.29. The predicted octanol–water partition coefficient (Wildman–Crippen LogP) is 3.16. The van der Waals surface area contributed by atoms with Crippen LogP contribution in [0.15, 0.2) is 48.7 Å². The van der Waals surface area contributed by atoms with Crippen molar-refractivity contribution in [2.24, 2.45) is 5.92 Å². The summed E-state index contributed by atoms with van der Waals surface area (Å²) in [6.07, 6.45) is 1.60. The minimum absolute atomic E-state index is 0.0125. The van der Waals surface area contributed by atoms with Crippen LogP contribution in [0.1, 0.15) is 35.9 Å². The number of pyridine rings is 1. The average Bonchev–Trinajstić information content (AvgIpc) is 2.79. The molecule has 0 saturated carbocycles. The lowest BCUT2D eigenvalue weighted by molar-refractivity contribution is -0.0954. The normalized spacial score (nSPS) is 22.7. The number of hydrogen-bond acceptors (Lipinski definition) is 5. The van der Waals surface area contributed by atoms with Crippen LogP contribution in [0, 0.1) is 5.92 Å². The van der Waals surface area contributed by atoms with Gasteiger partial charge in [0.15, 0.2) is 0 Å². The molecular formula is C23H29N3O3. The average molecular weight is 396 g/mol. The number of anilines is 1. The molecule has 0 N–H and O–H groups in total. The second-order valence-corrected chi connectivity index (χ2v) is 8.03. The first-order chi connectivity index (χ1) is 14.1. The number of aromatic nitrogens is 1. The van der Waals surface area contributed by atoms with Crippen molar-refractivity contribution in [2.45, 2.75) is 26.1 Å². The van der Waals surface area contributed by atoms with E-state index in [4.69, 9.17) is 9.47 Å². The molecule has 6 nitrogen and oxygen atoms in total. The van der Waals surface area contributed by atoms with E-state index in [2.05, 4.69) is 35.9 Å². The maximum Gasteiger partial charge on any atom is 0.255 e. The van der Waals surface area contributed by atoms with Crippen molar-refractivity contribution >= 4 is 11.7 Å². The summed E-state index contributed by atoms with van der Waals surface area (Å²) in [4.78, 5) is 21.9. The van der Waals surface area contributed by atoms with Crippen LogP contribution in [-0.2, 0) is 9.47 Å². The molecule has 2 aromatic rings. The molecule has 2 saturated heterocycles. The van der Waals surface area contributed by atoms with Gasteiger partial charge in [-0.1, -0.05) is 44.2 Å². The standard InChI is InChI=1S/C23H29N3O3/c1-17(2)20-15-26(16-21(29-20)18-6-4-3-5-7-18)23(27)19-8-9-22(24-14-19)25-10-12-28-13-11-25/h3-9,14,17,20-21H,10-13,15-16H2,1-2H3/t20-,21+/m1/s1. The number of benzene rings is 1. The molecule has 0 bridgehead atoms. The molecule has 0 aliphatic carbocycles. The minimum atomic E-state index is -0.109. The van der Waals surface area contributed by atoms with Gasteiger partial charge in [0.05, 0.1) is 31.4 Å². The second kappa shape index (κ2) is 8.93. The molecule has 1 amide bonds. The Morgan fingerprint density at radius 3 is 2.48 bits per heavy atom. The van der Waals surface area contributed by atoms with Gasteiger partial charge < -0.3 is 19.3 Å². The zero-order chi connectivity index (χ0) is 20.2. The highest BCUT2D eigenvalue weighted by Gasteiger charge is 2.33. The largest absolute Gasteiger partial charge is 0.378 e. The molecule has 3 heterocycles. The fourth-order valence-corrected chi connectivity index (χ4v) is 3.85. The number of nitrogens with zero attached hydrogens (tertiary/aromatic N) is 3. The molecule has 2 fully saturated rings. The zero-order valence-corrected chi connectivity index (χ0v) is 17.2. The first kappa shape index (κ1) is 19.9. The molecule has 2 aliphatic rings. The molecule has 2 aliphatic heterocycles. The first-order valence-corrected chi connectivity index (χ1v) is 10.4. The smallest absolute Gasteiger partial charge is 0.255 e. The Kier molecular flexibility index (Phi) is 6.11. The minimum Gasteiger partial charge on any atom is -0.378 e. The monoisotopic (exact) mass is 395 g/mol. The highest BCUT2D eigenvalue weighted by molar-refractivity contribution is 5.94. The van der Waals surface area contributed by atoms with Crippen LogP contribution in [-0.4, -0.2) is 61.3 Å². The van der Waals surface area contributed by atoms with Crippen LogP contribution < -0.4 is 4.90 Å². The molecule has 154 valence electrons. The summed E-state index contributed by atoms with van der Waals surface area (Å²) in [5.41, 5.74) is 1.73. The number of hydrogen-bond donors (Lipinski definition) is 0. The van der Waals surface area contributed by atoms with Crippen molar-refractivity contribution in [2.75, 3.05) is 44.3 Å². The van der Waals surface area contributed by atoms with Crippen molar-refractivity contribution < 1.29 is 14.3 Å². The van der Waals surface area contributed by atoms with Crippen LogP contribution in [0.25, 0.3) is 0 Å². The Morgan fingerprint density at radius 2 is 1.83 bits per heavy atom. The lowest BCUT2D eigenvalue weighted by Crippen LogP contribution is -2.48. The van der Waals surface area contributed by atoms with Gasteiger partial charge in [0.2, 0.25) is 0 Å². The van der Waals surface area contributed by atoms with E-state index in [-0.39, 0.29) is 18.1 Å². The number of amides is 1. The van der Waals surface area contributed by atoms with Crippen molar-refractivity contribution in [3.8, 4) is 0 Å². The third-order valence-electron chi connectivity index (χ3n) is 5.66. The van der Waals surface area contributed by atoms with Gasteiger partial charge in [-0.3, -0.25) is 4.79 Å². The lowest BCUT2D eigenvalue weighted by Gasteiger charge is -2.40. The Balaban J connectivity index is 1.50. The van der Waals surface area contributed by atoms with Crippen molar-refractivity contribution in [1.29, 1.82) is 0 Å². The Bertz CT molecular complexity index is 804. The van der Waals surface area contributed by atoms with Gasteiger partial charge in [0, 0.05) is 25.8 Å². The van der Waals surface area contributed by atoms with E-state index < -0.39 is 0 Å². The molecule has 2 atom stereocenters. The molecular weight excluding hydrogens is 366 g/mol. The third kappa shape index (κ3) is 4.60. The molecule has 0 unspecified atom stereocenters. The van der Waals surface area contributed by atoms with Gasteiger partial charge in [0.25, 0.3) is 5.91 Å². The summed E-state index contributed by atoms with van der Waals surface area (Å²) in [6.45, 7) is 8.53. The van der Waals surface area contributed by atoms with Crippen LogP contribution in [0.2, 0.25) is 0 Å². The zero-order valence-electron chi connectivity index (χ0n) is 17.2. The topological polar surface area (TPSA) is 54.9 Å². The maximum atomic E-state index is 13.2. The van der Waals surface area contributed by atoms with Gasteiger partial charge >= 0.3 is 0 Å². The SMILES string of the molecule is CC(C)[C@H]1CN(C(=O)c2ccc(N3CCOCC3)nc2)C[C@@H](c2ccccc2)O1. The fraction of sp³-hybridized carbons (Fsp3) is 0.478. The Labute approximate surface area is 172 Å². The number of rotatable bonds is 4. The van der Waals surface area contributed by atoms with Gasteiger partial charge in [-0.25, -0.2) is 4.98 Å². The molecule has 1 aromatic heterocycles. The van der Waals surface area contributed by atoms with E-state index in [0.29, 0.717) is 37.8 Å². The highest BCUT2D eigenvalue weighted by atomic mass is 16.5. The van der Waals surface area contributed by atoms with Crippen LogP contribution in [0.5, 0.6) is 0 Å². The van der Waals surface area contributed by atoms with E-state index in [1.165, 1.54) is 0 Å². The van der Waals surface area contributed by atoms with E-state index in [1.54, 1.807) is 6.20 Å². The summed E-state index contributed by atoms with van der Waals surface area (Å²) >= 11 is 0. The predicted molar refractivity (Wildman–Crippen MR) is 112 cm³/mol. The van der Waals surface area contributed by atoms with E-state index in [1.807, 2.05) is 35.2 Å². The number of morpholine rings is 2. The summed E-state index contributed by atoms with van der Waals surface area (Å²) < 4.78 is 11.7. The van der Waals surface area contributed by atoms with Gasteiger partial charge in [-0.15, -0.1) is 0 Å². The Morgan fingerprint density at radius 1 is 1.07 bits per heavy atom. The molecule has 1 aromatic carbocycles. The summed E-state index contributed by atoms with van der Waals surface area (Å²) in [5.74, 6) is 1.24. The van der Waals surface area contributed by atoms with Crippen LogP contribution in [0.3, 0.4) is 0 Å². The molecule has 6 heteroatoms. The van der Waals surface area contributed by atoms with Crippen molar-refractivity contribution in [1.82, 2.24) is 9.88 Å². The van der Waals surface area contributed by atoms with Gasteiger partial charge in [0.1, 0.15) is 11.9 Å². The Hall–Kier alpha value is -2.44. The first-order valence-electron chi connectivity index (χ1n) is 10.4. The summed E-state index contributed by atoms with van der Waals surface area (Å²) in [7, 11) is 0. The molecule has 0 radical (unpaired) electrons. The fourth-order valence-electron chi connectivity index (χ4n) is 3.85. The summed E-state index contributed by atoms with van der Waals surface area (Å²) in [5, 5.41) is 0. The molecule has 0 spiro atoms. The number of carbonyl (C=O) groups is 1.